The average molecular weight is 291 g/mol. The van der Waals surface area contributed by atoms with E-state index in [4.69, 9.17) is 4.74 Å². The van der Waals surface area contributed by atoms with Gasteiger partial charge in [0.05, 0.1) is 0 Å². The first-order valence-electron chi connectivity index (χ1n) is 7.86. The standard InChI is InChI=1S/C16H25N3O2/c1-2-9-17-15-6-3-5-14(19-15)16(20)18-10-4-11-21-12-13-7-8-13/h3,5-6,13H,2,4,7-12H2,1H3,(H,17,19)(H,18,20). The molecular weight excluding hydrogens is 266 g/mol. The number of rotatable bonds is 10. The van der Waals surface area contributed by atoms with Crippen molar-refractivity contribution in [2.45, 2.75) is 32.6 Å². The fourth-order valence-electron chi connectivity index (χ4n) is 1.91. The minimum absolute atomic E-state index is 0.127. The molecule has 0 atom stereocenters. The number of carbonyl (C=O) groups excluding carboxylic acids is 1. The number of nitrogens with zero attached hydrogens (tertiary/aromatic N) is 1. The second-order valence-electron chi connectivity index (χ2n) is 5.46. The van der Waals surface area contributed by atoms with E-state index < -0.39 is 0 Å². The number of amides is 1. The number of aromatic nitrogens is 1. The van der Waals surface area contributed by atoms with Crippen LogP contribution in [0.15, 0.2) is 18.2 Å². The van der Waals surface area contributed by atoms with Gasteiger partial charge in [0, 0.05) is 26.3 Å². The van der Waals surface area contributed by atoms with Crippen LogP contribution >= 0.6 is 0 Å². The van der Waals surface area contributed by atoms with Crippen molar-refractivity contribution in [1.29, 1.82) is 0 Å². The molecule has 1 amide bonds. The Hall–Kier alpha value is -1.62. The Balaban J connectivity index is 1.64. The van der Waals surface area contributed by atoms with Gasteiger partial charge < -0.3 is 15.4 Å². The SMILES string of the molecule is CCCNc1cccc(C(=O)NCCCOCC2CC2)n1. The zero-order valence-electron chi connectivity index (χ0n) is 12.7. The molecular formula is C16H25N3O2. The van der Waals surface area contributed by atoms with Crippen LogP contribution in [0.4, 0.5) is 5.82 Å². The predicted molar refractivity (Wildman–Crippen MR) is 83.5 cm³/mol. The first-order chi connectivity index (χ1) is 10.3. The quantitative estimate of drug-likeness (QED) is 0.650. The van der Waals surface area contributed by atoms with E-state index in [1.165, 1.54) is 12.8 Å². The minimum atomic E-state index is -0.127. The molecule has 1 heterocycles. The normalized spacial score (nSPS) is 14.0. The molecule has 0 spiro atoms. The topological polar surface area (TPSA) is 63.2 Å². The Labute approximate surface area is 126 Å². The Morgan fingerprint density at radius 2 is 2.24 bits per heavy atom. The van der Waals surface area contributed by atoms with E-state index in [9.17, 15) is 4.79 Å². The molecule has 1 saturated carbocycles. The first kappa shape index (κ1) is 15.8. The zero-order valence-corrected chi connectivity index (χ0v) is 12.7. The van der Waals surface area contributed by atoms with Crippen LogP contribution < -0.4 is 10.6 Å². The van der Waals surface area contributed by atoms with Gasteiger partial charge in [-0.05, 0) is 43.7 Å². The Morgan fingerprint density at radius 1 is 1.38 bits per heavy atom. The van der Waals surface area contributed by atoms with Crippen molar-refractivity contribution < 1.29 is 9.53 Å². The molecule has 116 valence electrons. The summed E-state index contributed by atoms with van der Waals surface area (Å²) in [6.07, 6.45) is 4.49. The third-order valence-electron chi connectivity index (χ3n) is 3.34. The maximum Gasteiger partial charge on any atom is 0.269 e. The number of hydrogen-bond acceptors (Lipinski definition) is 4. The summed E-state index contributed by atoms with van der Waals surface area (Å²) in [6.45, 7) is 5.16. The maximum atomic E-state index is 12.0. The van der Waals surface area contributed by atoms with E-state index in [-0.39, 0.29) is 5.91 Å². The molecule has 1 fully saturated rings. The van der Waals surface area contributed by atoms with Gasteiger partial charge in [-0.3, -0.25) is 4.79 Å². The highest BCUT2D eigenvalue weighted by Crippen LogP contribution is 2.28. The fourth-order valence-corrected chi connectivity index (χ4v) is 1.91. The monoisotopic (exact) mass is 291 g/mol. The highest BCUT2D eigenvalue weighted by Gasteiger charge is 2.20. The van der Waals surface area contributed by atoms with E-state index in [2.05, 4.69) is 22.5 Å². The van der Waals surface area contributed by atoms with Gasteiger partial charge in [-0.2, -0.15) is 0 Å². The van der Waals surface area contributed by atoms with Gasteiger partial charge in [0.2, 0.25) is 0 Å². The molecule has 0 bridgehead atoms. The van der Waals surface area contributed by atoms with Gasteiger partial charge in [-0.25, -0.2) is 4.98 Å². The number of anilines is 1. The van der Waals surface area contributed by atoms with Crippen LogP contribution in [0.3, 0.4) is 0 Å². The van der Waals surface area contributed by atoms with Crippen LogP contribution in [0.25, 0.3) is 0 Å². The molecule has 1 aromatic rings. The Bertz CT molecular complexity index is 447. The van der Waals surface area contributed by atoms with Crippen LogP contribution in [-0.2, 0) is 4.74 Å². The number of hydrogen-bond donors (Lipinski definition) is 2. The molecule has 5 nitrogen and oxygen atoms in total. The summed E-state index contributed by atoms with van der Waals surface area (Å²) in [6, 6.07) is 5.45. The third kappa shape index (κ3) is 6.12. The fraction of sp³-hybridized carbons (Fsp3) is 0.625. The van der Waals surface area contributed by atoms with Crippen LogP contribution in [0.5, 0.6) is 0 Å². The van der Waals surface area contributed by atoms with Crippen molar-refractivity contribution in [3.63, 3.8) is 0 Å². The second kappa shape index (κ2) is 8.62. The molecule has 0 aliphatic heterocycles. The molecule has 2 rings (SSSR count). The molecule has 1 aliphatic carbocycles. The Morgan fingerprint density at radius 3 is 3.00 bits per heavy atom. The lowest BCUT2D eigenvalue weighted by molar-refractivity contribution is 0.0932. The lowest BCUT2D eigenvalue weighted by Gasteiger charge is -2.08. The summed E-state index contributed by atoms with van der Waals surface area (Å²) in [4.78, 5) is 16.3. The van der Waals surface area contributed by atoms with Gasteiger partial charge >= 0.3 is 0 Å². The summed E-state index contributed by atoms with van der Waals surface area (Å²) >= 11 is 0. The van der Waals surface area contributed by atoms with E-state index in [0.29, 0.717) is 18.8 Å². The van der Waals surface area contributed by atoms with Crippen LogP contribution in [-0.4, -0.2) is 37.2 Å². The lowest BCUT2D eigenvalue weighted by atomic mass is 10.3. The van der Waals surface area contributed by atoms with Crippen molar-refractivity contribution in [1.82, 2.24) is 10.3 Å². The minimum Gasteiger partial charge on any atom is -0.381 e. The van der Waals surface area contributed by atoms with Crippen molar-refractivity contribution in [2.24, 2.45) is 5.92 Å². The zero-order chi connectivity index (χ0) is 14.9. The average Bonchev–Trinajstić information content (AvgIpc) is 3.33. The van der Waals surface area contributed by atoms with Crippen LogP contribution in [0.2, 0.25) is 0 Å². The first-order valence-corrected chi connectivity index (χ1v) is 7.86. The smallest absolute Gasteiger partial charge is 0.269 e. The molecule has 0 aromatic carbocycles. The summed E-state index contributed by atoms with van der Waals surface area (Å²) in [5, 5.41) is 6.06. The highest BCUT2D eigenvalue weighted by atomic mass is 16.5. The van der Waals surface area contributed by atoms with Crippen LogP contribution in [0.1, 0.15) is 43.1 Å². The number of nitrogens with one attached hydrogen (secondary N) is 2. The summed E-state index contributed by atoms with van der Waals surface area (Å²) in [7, 11) is 0. The van der Waals surface area contributed by atoms with Crippen molar-refractivity contribution in [3.05, 3.63) is 23.9 Å². The van der Waals surface area contributed by atoms with E-state index in [1.807, 2.05) is 12.1 Å². The van der Waals surface area contributed by atoms with Crippen LogP contribution in [0, 0.1) is 5.92 Å². The van der Waals surface area contributed by atoms with E-state index in [1.54, 1.807) is 6.07 Å². The molecule has 5 heteroatoms. The molecule has 0 radical (unpaired) electrons. The van der Waals surface area contributed by atoms with Gasteiger partial charge in [-0.15, -0.1) is 0 Å². The van der Waals surface area contributed by atoms with Gasteiger partial charge in [-0.1, -0.05) is 13.0 Å². The number of pyridine rings is 1. The lowest BCUT2D eigenvalue weighted by Crippen LogP contribution is -2.26. The molecule has 0 unspecified atom stereocenters. The predicted octanol–water partition coefficient (Wildman–Crippen LogP) is 2.45. The van der Waals surface area contributed by atoms with Crippen molar-refractivity contribution >= 4 is 11.7 Å². The van der Waals surface area contributed by atoms with E-state index >= 15 is 0 Å². The third-order valence-corrected chi connectivity index (χ3v) is 3.34. The molecule has 1 aliphatic rings. The molecule has 0 saturated heterocycles. The number of ether oxygens (including phenoxy) is 1. The number of carbonyl (C=O) groups is 1. The molecule has 2 N–H and O–H groups in total. The van der Waals surface area contributed by atoms with Crippen molar-refractivity contribution in [3.8, 4) is 0 Å². The second-order valence-corrected chi connectivity index (χ2v) is 5.46. The van der Waals surface area contributed by atoms with E-state index in [0.717, 1.165) is 37.7 Å². The summed E-state index contributed by atoms with van der Waals surface area (Å²) in [5.41, 5.74) is 0.454. The van der Waals surface area contributed by atoms with Gasteiger partial charge in [0.15, 0.2) is 0 Å². The maximum absolute atomic E-state index is 12.0. The van der Waals surface area contributed by atoms with Crippen molar-refractivity contribution in [2.75, 3.05) is 31.6 Å². The summed E-state index contributed by atoms with van der Waals surface area (Å²) < 4.78 is 5.53. The molecule has 1 aromatic heterocycles. The Kier molecular flexibility index (Phi) is 6.47. The van der Waals surface area contributed by atoms with Gasteiger partial charge in [0.25, 0.3) is 5.91 Å². The largest absolute Gasteiger partial charge is 0.381 e. The van der Waals surface area contributed by atoms with Gasteiger partial charge in [0.1, 0.15) is 11.5 Å². The highest BCUT2D eigenvalue weighted by molar-refractivity contribution is 5.92. The summed E-state index contributed by atoms with van der Waals surface area (Å²) in [5.74, 6) is 1.41. The molecule has 21 heavy (non-hydrogen) atoms.